The third kappa shape index (κ3) is 4.00. The molecule has 0 aliphatic heterocycles. The number of benzene rings is 3. The van der Waals surface area contributed by atoms with Crippen molar-refractivity contribution >= 4 is 15.9 Å². The summed E-state index contributed by atoms with van der Waals surface area (Å²) in [5.74, 6) is 7.23. The van der Waals surface area contributed by atoms with E-state index in [0.29, 0.717) is 22.6 Å². The SMILES string of the molecule is COc1ccccc1C(O)(C#Cc1ccc(Br)cc1)c1ccccc1OC. The van der Waals surface area contributed by atoms with Crippen molar-refractivity contribution in [2.24, 2.45) is 0 Å². The lowest BCUT2D eigenvalue weighted by Crippen LogP contribution is -2.26. The molecule has 0 bridgehead atoms. The summed E-state index contributed by atoms with van der Waals surface area (Å²) >= 11 is 3.42. The van der Waals surface area contributed by atoms with Gasteiger partial charge in [0.25, 0.3) is 0 Å². The quantitative estimate of drug-likeness (QED) is 0.616. The number of hydrogen-bond donors (Lipinski definition) is 1. The highest BCUT2D eigenvalue weighted by Gasteiger charge is 2.35. The average molecular weight is 423 g/mol. The molecule has 3 nitrogen and oxygen atoms in total. The van der Waals surface area contributed by atoms with Gasteiger partial charge in [0, 0.05) is 21.2 Å². The molecule has 3 aromatic carbocycles. The van der Waals surface area contributed by atoms with Crippen LogP contribution in [0.1, 0.15) is 16.7 Å². The second-order valence-corrected chi connectivity index (χ2v) is 6.78. The Bertz CT molecular complexity index is 937. The molecule has 0 aromatic heterocycles. The summed E-state index contributed by atoms with van der Waals surface area (Å²) < 4.78 is 11.9. The fourth-order valence-electron chi connectivity index (χ4n) is 2.86. The summed E-state index contributed by atoms with van der Waals surface area (Å²) in [6, 6.07) is 22.2. The maximum absolute atomic E-state index is 11.8. The first kappa shape index (κ1) is 19.0. The number of halogens is 1. The van der Waals surface area contributed by atoms with Crippen LogP contribution in [0, 0.1) is 11.8 Å². The van der Waals surface area contributed by atoms with Crippen molar-refractivity contribution in [2.75, 3.05) is 14.2 Å². The first-order valence-corrected chi connectivity index (χ1v) is 9.16. The highest BCUT2D eigenvalue weighted by atomic mass is 79.9. The normalized spacial score (nSPS) is 10.7. The van der Waals surface area contributed by atoms with Gasteiger partial charge in [-0.1, -0.05) is 64.2 Å². The summed E-state index contributed by atoms with van der Waals surface area (Å²) in [7, 11) is 3.15. The molecule has 0 heterocycles. The molecule has 0 atom stereocenters. The number of ether oxygens (including phenoxy) is 2. The van der Waals surface area contributed by atoms with E-state index in [2.05, 4.69) is 27.8 Å². The molecule has 136 valence electrons. The van der Waals surface area contributed by atoms with E-state index in [1.165, 1.54) is 0 Å². The summed E-state index contributed by atoms with van der Waals surface area (Å²) in [6.07, 6.45) is 0. The van der Waals surface area contributed by atoms with Gasteiger partial charge in [-0.3, -0.25) is 0 Å². The molecule has 0 radical (unpaired) electrons. The van der Waals surface area contributed by atoms with E-state index in [0.717, 1.165) is 10.0 Å². The van der Waals surface area contributed by atoms with E-state index in [-0.39, 0.29) is 0 Å². The van der Waals surface area contributed by atoms with Gasteiger partial charge < -0.3 is 14.6 Å². The zero-order chi connectivity index (χ0) is 19.3. The van der Waals surface area contributed by atoms with Crippen molar-refractivity contribution in [3.63, 3.8) is 0 Å². The lowest BCUT2D eigenvalue weighted by atomic mass is 9.85. The minimum atomic E-state index is -1.60. The maximum Gasteiger partial charge on any atom is 0.184 e. The van der Waals surface area contributed by atoms with Gasteiger partial charge in [-0.25, -0.2) is 0 Å². The Kier molecular flexibility index (Phi) is 5.85. The van der Waals surface area contributed by atoms with Crippen LogP contribution in [0.15, 0.2) is 77.3 Å². The van der Waals surface area contributed by atoms with Crippen LogP contribution >= 0.6 is 15.9 Å². The average Bonchev–Trinajstić information content (AvgIpc) is 2.73. The Morgan fingerprint density at radius 1 is 0.778 bits per heavy atom. The van der Waals surface area contributed by atoms with E-state index in [1.54, 1.807) is 26.4 Å². The zero-order valence-corrected chi connectivity index (χ0v) is 16.7. The predicted octanol–water partition coefficient (Wildman–Crippen LogP) is 4.75. The smallest absolute Gasteiger partial charge is 0.184 e. The van der Waals surface area contributed by atoms with Gasteiger partial charge >= 0.3 is 0 Å². The molecule has 0 unspecified atom stereocenters. The highest BCUT2D eigenvalue weighted by molar-refractivity contribution is 9.10. The topological polar surface area (TPSA) is 38.7 Å². The van der Waals surface area contributed by atoms with Gasteiger partial charge in [-0.15, -0.1) is 0 Å². The zero-order valence-electron chi connectivity index (χ0n) is 15.1. The highest BCUT2D eigenvalue weighted by Crippen LogP contribution is 2.39. The first-order valence-electron chi connectivity index (χ1n) is 8.36. The van der Waals surface area contributed by atoms with Gasteiger partial charge in [0.2, 0.25) is 0 Å². The van der Waals surface area contributed by atoms with E-state index < -0.39 is 5.60 Å². The van der Waals surface area contributed by atoms with E-state index in [9.17, 15) is 5.11 Å². The summed E-state index contributed by atoms with van der Waals surface area (Å²) in [4.78, 5) is 0. The lowest BCUT2D eigenvalue weighted by Gasteiger charge is -2.27. The lowest BCUT2D eigenvalue weighted by molar-refractivity contribution is 0.137. The monoisotopic (exact) mass is 422 g/mol. The van der Waals surface area contributed by atoms with Crippen molar-refractivity contribution in [1.29, 1.82) is 0 Å². The van der Waals surface area contributed by atoms with Crippen LogP contribution in [-0.2, 0) is 5.60 Å². The van der Waals surface area contributed by atoms with E-state index in [4.69, 9.17) is 9.47 Å². The standard InChI is InChI=1S/C23H19BrO3/c1-26-21-9-5-3-7-19(21)23(25,20-8-4-6-10-22(20)27-2)16-15-17-11-13-18(24)14-12-17/h3-14,25H,1-2H3. The molecule has 0 aliphatic carbocycles. The molecule has 0 amide bonds. The van der Waals surface area contributed by atoms with Gasteiger partial charge in [0.15, 0.2) is 5.60 Å². The molecule has 27 heavy (non-hydrogen) atoms. The van der Waals surface area contributed by atoms with E-state index in [1.807, 2.05) is 60.7 Å². The van der Waals surface area contributed by atoms with Crippen LogP contribution in [0.2, 0.25) is 0 Å². The molecule has 3 rings (SSSR count). The molecular weight excluding hydrogens is 404 g/mol. The summed E-state index contributed by atoms with van der Waals surface area (Å²) in [6.45, 7) is 0. The second-order valence-electron chi connectivity index (χ2n) is 5.87. The molecule has 0 aliphatic rings. The second kappa shape index (κ2) is 8.30. The molecule has 3 aromatic rings. The molecule has 4 heteroatoms. The number of hydrogen-bond acceptors (Lipinski definition) is 3. The molecule has 0 spiro atoms. The van der Waals surface area contributed by atoms with Gasteiger partial charge in [0.05, 0.1) is 14.2 Å². The fourth-order valence-corrected chi connectivity index (χ4v) is 3.13. The first-order chi connectivity index (χ1) is 13.1. The molecule has 1 N–H and O–H groups in total. The third-order valence-corrected chi connectivity index (χ3v) is 4.75. The minimum absolute atomic E-state index is 0.552. The Hall–Kier alpha value is -2.74. The van der Waals surface area contributed by atoms with Crippen molar-refractivity contribution in [3.05, 3.63) is 94.0 Å². The van der Waals surface area contributed by atoms with Crippen molar-refractivity contribution in [1.82, 2.24) is 0 Å². The molecule has 0 fully saturated rings. The van der Waals surface area contributed by atoms with Crippen molar-refractivity contribution < 1.29 is 14.6 Å². The van der Waals surface area contributed by atoms with Crippen LogP contribution in [0.5, 0.6) is 11.5 Å². The Morgan fingerprint density at radius 3 is 1.74 bits per heavy atom. The number of rotatable bonds is 4. The summed E-state index contributed by atoms with van der Waals surface area (Å²) in [5, 5.41) is 11.8. The Labute approximate surface area is 167 Å². The van der Waals surface area contributed by atoms with Crippen LogP contribution in [0.3, 0.4) is 0 Å². The summed E-state index contributed by atoms with van der Waals surface area (Å²) in [5.41, 5.74) is 0.302. The Balaban J connectivity index is 2.22. The largest absolute Gasteiger partial charge is 0.496 e. The predicted molar refractivity (Wildman–Crippen MR) is 110 cm³/mol. The fraction of sp³-hybridized carbons (Fsp3) is 0.130. The third-order valence-electron chi connectivity index (χ3n) is 4.23. The number of methoxy groups -OCH3 is 2. The van der Waals surface area contributed by atoms with Crippen molar-refractivity contribution in [2.45, 2.75) is 5.60 Å². The van der Waals surface area contributed by atoms with Crippen LogP contribution in [0.25, 0.3) is 0 Å². The maximum atomic E-state index is 11.8. The van der Waals surface area contributed by atoms with Crippen LogP contribution < -0.4 is 9.47 Å². The van der Waals surface area contributed by atoms with Crippen LogP contribution in [-0.4, -0.2) is 19.3 Å². The van der Waals surface area contributed by atoms with Crippen LogP contribution in [0.4, 0.5) is 0 Å². The molecule has 0 saturated carbocycles. The van der Waals surface area contributed by atoms with Gasteiger partial charge in [0.1, 0.15) is 11.5 Å². The van der Waals surface area contributed by atoms with Crippen molar-refractivity contribution in [3.8, 4) is 23.3 Å². The number of para-hydroxylation sites is 2. The van der Waals surface area contributed by atoms with Gasteiger partial charge in [-0.2, -0.15) is 0 Å². The molecule has 0 saturated heterocycles. The number of aliphatic hydroxyl groups is 1. The molecular formula is C23H19BrO3. The van der Waals surface area contributed by atoms with E-state index >= 15 is 0 Å². The van der Waals surface area contributed by atoms with Gasteiger partial charge in [-0.05, 0) is 36.4 Å². The Morgan fingerprint density at radius 2 is 1.26 bits per heavy atom. The minimum Gasteiger partial charge on any atom is -0.496 e.